The Morgan fingerprint density at radius 3 is 2.12 bits per heavy atom. The molecule has 2 aromatic carbocycles. The molecule has 0 N–H and O–H groups in total. The Hall–Kier alpha value is -3.61. The molecule has 2 aromatic rings. The number of amides is 2. The zero-order chi connectivity index (χ0) is 22.2. The number of fused-ring (bicyclic) bond motifs is 5. The summed E-state index contributed by atoms with van der Waals surface area (Å²) in [4.78, 5) is 25.6. The maximum atomic E-state index is 12.8. The first-order valence-corrected chi connectivity index (χ1v) is 10.6. The van der Waals surface area contributed by atoms with E-state index >= 15 is 0 Å². The van der Waals surface area contributed by atoms with Crippen molar-refractivity contribution >= 4 is 18.0 Å². The summed E-state index contributed by atoms with van der Waals surface area (Å²) in [7, 11) is 3.09. The molecule has 1 aliphatic heterocycles. The highest BCUT2D eigenvalue weighted by atomic mass is 16.5. The first-order chi connectivity index (χ1) is 15.6. The van der Waals surface area contributed by atoms with Crippen LogP contribution in [0.1, 0.15) is 17.5 Å². The van der Waals surface area contributed by atoms with E-state index in [4.69, 9.17) is 14.2 Å². The molecule has 1 saturated heterocycles. The maximum absolute atomic E-state index is 12.8. The fourth-order valence-corrected chi connectivity index (χ4v) is 4.97. The number of nitrogens with zero attached hydrogens (tertiary/aromatic N) is 2. The van der Waals surface area contributed by atoms with Gasteiger partial charge in [-0.05, 0) is 36.0 Å². The summed E-state index contributed by atoms with van der Waals surface area (Å²) >= 11 is 0. The highest BCUT2D eigenvalue weighted by Crippen LogP contribution is 2.52. The van der Waals surface area contributed by atoms with Crippen LogP contribution < -0.4 is 14.2 Å². The first kappa shape index (κ1) is 20.3. The molecular weight excluding hydrogens is 408 g/mol. The van der Waals surface area contributed by atoms with Gasteiger partial charge in [0.2, 0.25) is 5.75 Å². The number of carbonyl (C=O) groups excluding carboxylic acids is 2. The number of hydrazone groups is 1. The minimum absolute atomic E-state index is 0.155. The van der Waals surface area contributed by atoms with Gasteiger partial charge in [-0.3, -0.25) is 9.59 Å². The van der Waals surface area contributed by atoms with Crippen LogP contribution in [0, 0.1) is 23.7 Å². The number of carbonyl (C=O) groups is 2. The molecule has 4 atom stereocenters. The highest BCUT2D eigenvalue weighted by Gasteiger charge is 2.59. The predicted molar refractivity (Wildman–Crippen MR) is 117 cm³/mol. The van der Waals surface area contributed by atoms with E-state index in [9.17, 15) is 9.59 Å². The molecule has 3 aliphatic rings. The van der Waals surface area contributed by atoms with Crippen LogP contribution in [0.25, 0.3) is 0 Å². The number of methoxy groups -OCH3 is 2. The number of rotatable bonds is 7. The lowest BCUT2D eigenvalue weighted by atomic mass is 9.85. The van der Waals surface area contributed by atoms with E-state index in [0.717, 1.165) is 17.0 Å². The molecule has 0 aromatic heterocycles. The number of benzene rings is 2. The number of hydrogen-bond acceptors (Lipinski definition) is 6. The van der Waals surface area contributed by atoms with Crippen LogP contribution in [0.5, 0.6) is 17.2 Å². The fraction of sp³-hybridized carbons (Fsp3) is 0.320. The topological polar surface area (TPSA) is 77.4 Å². The molecule has 2 fully saturated rings. The van der Waals surface area contributed by atoms with Gasteiger partial charge < -0.3 is 14.2 Å². The van der Waals surface area contributed by atoms with E-state index < -0.39 is 0 Å². The number of hydrogen-bond donors (Lipinski definition) is 0. The van der Waals surface area contributed by atoms with Crippen molar-refractivity contribution in [1.82, 2.24) is 5.01 Å². The fourth-order valence-electron chi connectivity index (χ4n) is 4.97. The monoisotopic (exact) mass is 432 g/mol. The van der Waals surface area contributed by atoms with Crippen LogP contribution >= 0.6 is 0 Å². The Bertz CT molecular complexity index is 1060. The van der Waals surface area contributed by atoms with Crippen LogP contribution in [-0.2, 0) is 16.2 Å². The third-order valence-corrected chi connectivity index (χ3v) is 6.48. The second-order valence-corrected chi connectivity index (χ2v) is 8.26. The van der Waals surface area contributed by atoms with Gasteiger partial charge in [0.05, 0.1) is 32.3 Å². The molecule has 7 nitrogen and oxygen atoms in total. The van der Waals surface area contributed by atoms with Crippen molar-refractivity contribution in [1.29, 1.82) is 0 Å². The Labute approximate surface area is 186 Å². The van der Waals surface area contributed by atoms with Gasteiger partial charge in [-0.25, -0.2) is 0 Å². The average molecular weight is 432 g/mol. The van der Waals surface area contributed by atoms with Gasteiger partial charge in [0.25, 0.3) is 11.8 Å². The summed E-state index contributed by atoms with van der Waals surface area (Å²) in [5, 5.41) is 5.27. The van der Waals surface area contributed by atoms with E-state index in [1.807, 2.05) is 30.3 Å². The smallest absolute Gasteiger partial charge is 0.254 e. The second-order valence-electron chi connectivity index (χ2n) is 8.26. The van der Waals surface area contributed by atoms with E-state index in [1.54, 1.807) is 26.4 Å². The number of ether oxygens (including phenoxy) is 3. The molecule has 2 bridgehead atoms. The van der Waals surface area contributed by atoms with Crippen molar-refractivity contribution in [2.75, 3.05) is 14.2 Å². The minimum Gasteiger partial charge on any atom is -0.493 e. The normalized spacial score (nSPS) is 25.6. The third kappa shape index (κ3) is 3.34. The third-order valence-electron chi connectivity index (χ3n) is 6.48. The van der Waals surface area contributed by atoms with Crippen LogP contribution in [-0.4, -0.2) is 37.3 Å². The zero-order valence-electron chi connectivity index (χ0n) is 17.9. The van der Waals surface area contributed by atoms with Gasteiger partial charge in [0, 0.05) is 5.56 Å². The molecule has 7 heteroatoms. The van der Waals surface area contributed by atoms with Crippen molar-refractivity contribution in [3.63, 3.8) is 0 Å². The van der Waals surface area contributed by atoms with Gasteiger partial charge in [-0.1, -0.05) is 42.5 Å². The van der Waals surface area contributed by atoms with Crippen molar-refractivity contribution in [3.05, 3.63) is 65.7 Å². The summed E-state index contributed by atoms with van der Waals surface area (Å²) in [6, 6.07) is 13.3. The quantitative estimate of drug-likeness (QED) is 0.381. The molecular formula is C25H24N2O5. The molecule has 0 radical (unpaired) electrons. The lowest BCUT2D eigenvalue weighted by molar-refractivity contribution is -0.140. The average Bonchev–Trinajstić information content (AvgIpc) is 3.51. The lowest BCUT2D eigenvalue weighted by Crippen LogP contribution is -2.28. The molecule has 1 saturated carbocycles. The zero-order valence-corrected chi connectivity index (χ0v) is 17.9. The summed E-state index contributed by atoms with van der Waals surface area (Å²) in [5.41, 5.74) is 1.65. The van der Waals surface area contributed by atoms with Gasteiger partial charge in [-0.2, -0.15) is 10.1 Å². The summed E-state index contributed by atoms with van der Waals surface area (Å²) < 4.78 is 17.0. The Morgan fingerprint density at radius 2 is 1.56 bits per heavy atom. The standard InChI is InChI=1S/C25H24N2O5/c1-30-19-10-16(11-20(31-2)23(19)32-14-15-6-4-3-5-7-15)13-26-27-24(28)21-17-8-9-18(12-17)22(21)25(27)29/h3-11,13,17-18,21-22H,12,14H2,1-2H3/t17-,18-,21-,22+/m0/s1. The lowest BCUT2D eigenvalue weighted by Gasteiger charge is -2.16. The highest BCUT2D eigenvalue weighted by molar-refractivity contribution is 6.06. The van der Waals surface area contributed by atoms with Gasteiger partial charge in [-0.15, -0.1) is 0 Å². The molecule has 32 heavy (non-hydrogen) atoms. The Kier molecular flexibility index (Phi) is 5.17. The van der Waals surface area contributed by atoms with Crippen molar-refractivity contribution in [2.45, 2.75) is 13.0 Å². The first-order valence-electron chi connectivity index (χ1n) is 10.6. The predicted octanol–water partition coefficient (Wildman–Crippen LogP) is 3.42. The summed E-state index contributed by atoms with van der Waals surface area (Å²) in [6.07, 6.45) is 6.50. The molecule has 0 spiro atoms. The number of allylic oxidation sites excluding steroid dienone is 2. The van der Waals surface area contributed by atoms with Crippen molar-refractivity contribution in [2.24, 2.45) is 28.8 Å². The van der Waals surface area contributed by atoms with Gasteiger partial charge in [0.15, 0.2) is 11.5 Å². The van der Waals surface area contributed by atoms with Crippen molar-refractivity contribution < 1.29 is 23.8 Å². The Balaban J connectivity index is 1.37. The van der Waals surface area contributed by atoms with Crippen LogP contribution in [0.2, 0.25) is 0 Å². The van der Waals surface area contributed by atoms with E-state index in [0.29, 0.717) is 29.4 Å². The summed E-state index contributed by atoms with van der Waals surface area (Å²) in [5.74, 6) is 0.761. The minimum atomic E-state index is -0.271. The second kappa shape index (κ2) is 8.15. The molecule has 164 valence electrons. The van der Waals surface area contributed by atoms with E-state index in [2.05, 4.69) is 17.3 Å². The van der Waals surface area contributed by atoms with Gasteiger partial charge in [0.1, 0.15) is 6.61 Å². The summed E-state index contributed by atoms with van der Waals surface area (Å²) in [6.45, 7) is 0.358. The van der Waals surface area contributed by atoms with E-state index in [-0.39, 0.29) is 35.5 Å². The molecule has 2 amide bonds. The molecule has 2 aliphatic carbocycles. The SMILES string of the molecule is COc1cc(C=NN2C(=O)[C@@H]3[C@H](C2=O)[C@H]2C=C[C@H]3C2)cc(OC)c1OCc1ccccc1. The number of imide groups is 1. The van der Waals surface area contributed by atoms with E-state index in [1.165, 1.54) is 6.21 Å². The Morgan fingerprint density at radius 1 is 0.969 bits per heavy atom. The largest absolute Gasteiger partial charge is 0.493 e. The molecule has 5 rings (SSSR count). The van der Waals surface area contributed by atoms with Gasteiger partial charge >= 0.3 is 0 Å². The maximum Gasteiger partial charge on any atom is 0.254 e. The van der Waals surface area contributed by atoms with Crippen LogP contribution in [0.3, 0.4) is 0 Å². The molecule has 1 heterocycles. The van der Waals surface area contributed by atoms with Crippen LogP contribution in [0.15, 0.2) is 59.7 Å². The molecule has 0 unspecified atom stereocenters. The van der Waals surface area contributed by atoms with Crippen LogP contribution in [0.4, 0.5) is 0 Å². The van der Waals surface area contributed by atoms with Crippen molar-refractivity contribution in [3.8, 4) is 17.2 Å².